The number of anilines is 4. The second-order valence-electron chi connectivity index (χ2n) is 16.0. The van der Waals surface area contributed by atoms with Crippen LogP contribution in [0.15, 0.2) is 176 Å². The third kappa shape index (κ3) is 6.74. The molecule has 0 atom stereocenters. The van der Waals surface area contributed by atoms with Gasteiger partial charge in [-0.2, -0.15) is 53.6 Å². The molecule has 4 nitrogen and oxygen atoms in total. The normalized spacial score (nSPS) is 15.8. The summed E-state index contributed by atoms with van der Waals surface area (Å²) in [6, 6.07) is 27.7. The number of hydrogen-bond donors (Lipinski definition) is 0. The first-order valence-corrected chi connectivity index (χ1v) is 19.3. The Bertz CT molecular complexity index is 3620. The van der Waals surface area contributed by atoms with E-state index in [1.165, 1.54) is 4.90 Å². The van der Waals surface area contributed by atoms with E-state index in [1.54, 1.807) is 29.8 Å². The topological polar surface area (TPSA) is 24.3 Å². The first-order chi connectivity index (χ1) is 34.1. The van der Waals surface area contributed by atoms with Crippen molar-refractivity contribution < 1.29 is 38.9 Å². The molecule has 9 aromatic rings. The molecule has 1 aliphatic rings. The first kappa shape index (κ1) is 26.8. The van der Waals surface area contributed by atoms with Gasteiger partial charge in [-0.25, -0.2) is 4.98 Å². The Balaban J connectivity index is 0.00000656. The Labute approximate surface area is 386 Å². The van der Waals surface area contributed by atoms with Gasteiger partial charge in [-0.1, -0.05) is 149 Å². The van der Waals surface area contributed by atoms with Gasteiger partial charge in [0, 0.05) is 61.0 Å². The van der Waals surface area contributed by atoms with Crippen LogP contribution in [0.4, 0.5) is 22.7 Å². The van der Waals surface area contributed by atoms with Crippen molar-refractivity contribution in [3.05, 3.63) is 211 Å². The van der Waals surface area contributed by atoms with Gasteiger partial charge in [-0.3, -0.25) is 0 Å². The van der Waals surface area contributed by atoms with Crippen LogP contribution in [-0.4, -0.2) is 9.55 Å². The number of fused-ring (bicyclic) bond motifs is 4. The summed E-state index contributed by atoms with van der Waals surface area (Å²) in [5.74, 6) is 0.776. The number of aromatic nitrogens is 2. The average molecular weight is 970 g/mol. The van der Waals surface area contributed by atoms with Gasteiger partial charge in [0.05, 0.1) is 17.8 Å². The minimum Gasteiger partial charge on any atom is -0.493 e. The standard InChI is InChI=1S/C55H45N4.Pt/c1-54(2,3)40-32-33-56-52(36-40)59-48-27-13-12-24-46(48)47-31-30-42(35-51(47)59)55(4,5)41-22-16-23-43(34-41)57-37-58(50-29-15-14-28-49(50)57)53-44(38-18-8-6-9-19-38)25-17-26-45(53)39-20-10-7-11-21-39;/h6-33,36-37H,1-5H3;/q-3;/i6D,7D,8D,9D,10D,11D,17D,18D,19D,20D,21D,25D,26D;. The molecule has 298 valence electrons. The van der Waals surface area contributed by atoms with Gasteiger partial charge >= 0.3 is 0 Å². The molecule has 1 aliphatic heterocycles. The molecule has 0 N–H and O–H groups in total. The van der Waals surface area contributed by atoms with Gasteiger partial charge < -0.3 is 14.4 Å². The molecule has 0 aliphatic carbocycles. The van der Waals surface area contributed by atoms with E-state index in [1.807, 2.05) is 48.7 Å². The quantitative estimate of drug-likeness (QED) is 0.149. The second-order valence-corrected chi connectivity index (χ2v) is 16.0. The van der Waals surface area contributed by atoms with Crippen LogP contribution in [0, 0.1) is 18.8 Å². The van der Waals surface area contributed by atoms with Gasteiger partial charge in [0.1, 0.15) is 5.82 Å². The van der Waals surface area contributed by atoms with Crippen molar-refractivity contribution in [1.82, 2.24) is 9.55 Å². The molecule has 3 heterocycles. The zero-order valence-corrected chi connectivity index (χ0v) is 35.7. The second kappa shape index (κ2) is 15.4. The van der Waals surface area contributed by atoms with E-state index < -0.39 is 95.1 Å². The van der Waals surface area contributed by atoms with E-state index in [9.17, 15) is 2.74 Å². The Morgan fingerprint density at radius 1 is 0.600 bits per heavy atom. The van der Waals surface area contributed by atoms with E-state index in [2.05, 4.69) is 81.7 Å². The maximum atomic E-state index is 9.40. The summed E-state index contributed by atoms with van der Waals surface area (Å²) in [7, 11) is 0. The Morgan fingerprint density at radius 2 is 1.23 bits per heavy atom. The third-order valence-corrected chi connectivity index (χ3v) is 11.0. The molecule has 0 saturated carbocycles. The van der Waals surface area contributed by atoms with Gasteiger partial charge in [-0.05, 0) is 63.2 Å². The Morgan fingerprint density at radius 3 is 1.92 bits per heavy atom. The molecule has 0 radical (unpaired) electrons. The van der Waals surface area contributed by atoms with E-state index in [0.29, 0.717) is 17.1 Å². The van der Waals surface area contributed by atoms with Crippen LogP contribution in [0.3, 0.4) is 0 Å². The largest absolute Gasteiger partial charge is 0.493 e. The van der Waals surface area contributed by atoms with Gasteiger partial charge in [-0.15, -0.1) is 17.7 Å². The van der Waals surface area contributed by atoms with E-state index in [0.717, 1.165) is 44.3 Å². The monoisotopic (exact) mass is 969 g/mol. The molecular formula is C55H45N4Pt-3. The summed E-state index contributed by atoms with van der Waals surface area (Å²) in [4.78, 5) is 8.17. The molecule has 7 aromatic carbocycles. The van der Waals surface area contributed by atoms with Crippen molar-refractivity contribution >= 4 is 44.6 Å². The smallest absolute Gasteiger partial charge is 0.135 e. The predicted octanol–water partition coefficient (Wildman–Crippen LogP) is 14.1. The number of hydrogen-bond acceptors (Lipinski definition) is 3. The zero-order chi connectivity index (χ0) is 51.6. The van der Waals surface area contributed by atoms with Crippen LogP contribution in [-0.2, 0) is 31.9 Å². The molecule has 0 bridgehead atoms. The number of nitrogens with zero attached hydrogens (tertiary/aromatic N) is 4. The number of para-hydroxylation sites is 4. The molecular weight excluding hydrogens is 912 g/mol. The maximum Gasteiger partial charge on any atom is 0.135 e. The van der Waals surface area contributed by atoms with Gasteiger partial charge in [0.15, 0.2) is 0 Å². The molecule has 10 rings (SSSR count). The van der Waals surface area contributed by atoms with E-state index >= 15 is 0 Å². The van der Waals surface area contributed by atoms with E-state index in [-0.39, 0.29) is 43.3 Å². The number of benzene rings is 7. The predicted molar refractivity (Wildman–Crippen MR) is 246 cm³/mol. The Kier molecular flexibility index (Phi) is 6.89. The van der Waals surface area contributed by atoms with Gasteiger partial charge in [0.25, 0.3) is 0 Å². The van der Waals surface area contributed by atoms with Crippen molar-refractivity contribution in [2.45, 2.75) is 45.4 Å². The molecule has 0 fully saturated rings. The SMILES string of the molecule is [2H]c1c([2H])c([2H])c(-c2c([2H])c([2H])c([2H])c(-c3c([2H])c([2H])c([2H])c([2H])c3[2H])c2N2[CH-]N(c3[c-]c(C(C)(C)c4[c-]c5c(cc4)c4ccccc4n5-c4cc(C(C)(C)C)ccn4)ccc3)c3ccccc32)c([2H])c1[2H].[Pt]. The first-order valence-electron chi connectivity index (χ1n) is 25.8. The summed E-state index contributed by atoms with van der Waals surface area (Å²) in [6.07, 6.45) is 1.84. The van der Waals surface area contributed by atoms with Crippen LogP contribution in [0.1, 0.15) is 69.1 Å². The summed E-state index contributed by atoms with van der Waals surface area (Å²) in [5.41, 5.74) is 3.47. The minimum absolute atomic E-state index is 0. The molecule has 0 spiro atoms. The van der Waals surface area contributed by atoms with Crippen LogP contribution in [0.2, 0.25) is 0 Å². The average Bonchev–Trinajstić information content (AvgIpc) is 3.92. The molecule has 5 heteroatoms. The maximum absolute atomic E-state index is 9.40. The summed E-state index contributed by atoms with van der Waals surface area (Å²) in [6.45, 7) is 12.3. The van der Waals surface area contributed by atoms with Crippen LogP contribution in [0.25, 0.3) is 49.9 Å². The fourth-order valence-corrected chi connectivity index (χ4v) is 7.84. The van der Waals surface area contributed by atoms with E-state index in [4.69, 9.17) is 20.1 Å². The van der Waals surface area contributed by atoms with Crippen molar-refractivity contribution in [3.63, 3.8) is 0 Å². The van der Waals surface area contributed by atoms with Crippen molar-refractivity contribution in [2.24, 2.45) is 0 Å². The number of pyridine rings is 1. The molecule has 0 unspecified atom stereocenters. The molecule has 0 amide bonds. The van der Waals surface area contributed by atoms with Crippen LogP contribution < -0.4 is 9.80 Å². The summed E-state index contributed by atoms with van der Waals surface area (Å²) < 4.78 is 117. The van der Waals surface area contributed by atoms with Crippen molar-refractivity contribution in [3.8, 4) is 28.1 Å². The Hall–Kier alpha value is -6.22. The molecule has 2 aromatic heterocycles. The van der Waals surface area contributed by atoms with Crippen molar-refractivity contribution in [1.29, 1.82) is 0 Å². The summed E-state index contributed by atoms with van der Waals surface area (Å²) in [5, 5.41) is 2.08. The molecule has 60 heavy (non-hydrogen) atoms. The zero-order valence-electron chi connectivity index (χ0n) is 46.4. The molecule has 0 saturated heterocycles. The minimum atomic E-state index is -0.750. The fourth-order valence-electron chi connectivity index (χ4n) is 7.84. The number of rotatable bonds is 7. The fraction of sp³-hybridized carbons (Fsp3) is 0.127. The van der Waals surface area contributed by atoms with Crippen molar-refractivity contribution in [2.75, 3.05) is 9.80 Å². The van der Waals surface area contributed by atoms with Crippen LogP contribution in [0.5, 0.6) is 0 Å². The van der Waals surface area contributed by atoms with Gasteiger partial charge in [0.2, 0.25) is 0 Å². The third-order valence-electron chi connectivity index (χ3n) is 11.0. The summed E-state index contributed by atoms with van der Waals surface area (Å²) >= 11 is 0. The van der Waals surface area contributed by atoms with Crippen LogP contribution >= 0.6 is 0 Å².